The van der Waals surface area contributed by atoms with E-state index in [0.29, 0.717) is 30.5 Å². The van der Waals surface area contributed by atoms with Crippen molar-refractivity contribution in [1.82, 2.24) is 20.1 Å². The Kier molecular flexibility index (Phi) is 4.49. The number of nitrogens with one attached hydrogen (secondary N) is 1. The van der Waals surface area contributed by atoms with Crippen LogP contribution in [0, 0.1) is 13.8 Å². The highest BCUT2D eigenvalue weighted by atomic mass is 16.5. The van der Waals surface area contributed by atoms with Crippen molar-refractivity contribution >= 4 is 11.6 Å². The second-order valence-corrected chi connectivity index (χ2v) is 4.66. The van der Waals surface area contributed by atoms with Crippen LogP contribution < -0.4 is 11.1 Å². The van der Waals surface area contributed by atoms with E-state index in [0.717, 1.165) is 30.0 Å². The van der Waals surface area contributed by atoms with Gasteiger partial charge in [0.2, 0.25) is 5.89 Å². The fourth-order valence-corrected chi connectivity index (χ4v) is 1.83. The van der Waals surface area contributed by atoms with Crippen molar-refractivity contribution in [1.29, 1.82) is 0 Å². The van der Waals surface area contributed by atoms with E-state index in [9.17, 15) is 0 Å². The summed E-state index contributed by atoms with van der Waals surface area (Å²) in [6.07, 6.45) is 2.48. The minimum Gasteiger partial charge on any atom is -0.383 e. The summed E-state index contributed by atoms with van der Waals surface area (Å²) in [6, 6.07) is 0. The van der Waals surface area contributed by atoms with Crippen LogP contribution in [0.15, 0.2) is 4.52 Å². The van der Waals surface area contributed by atoms with E-state index in [-0.39, 0.29) is 0 Å². The summed E-state index contributed by atoms with van der Waals surface area (Å²) >= 11 is 0. The number of hydrogen-bond donors (Lipinski definition) is 2. The molecule has 2 aromatic rings. The van der Waals surface area contributed by atoms with E-state index < -0.39 is 0 Å². The van der Waals surface area contributed by atoms with Gasteiger partial charge in [-0.1, -0.05) is 12.1 Å². The van der Waals surface area contributed by atoms with Crippen molar-refractivity contribution in [3.63, 3.8) is 0 Å². The molecule has 20 heavy (non-hydrogen) atoms. The molecule has 7 heteroatoms. The molecule has 0 amide bonds. The molecule has 0 unspecified atom stereocenters. The molecule has 0 fully saturated rings. The van der Waals surface area contributed by atoms with Crippen LogP contribution in [0.4, 0.5) is 11.6 Å². The van der Waals surface area contributed by atoms with Gasteiger partial charge >= 0.3 is 0 Å². The van der Waals surface area contributed by atoms with Crippen LogP contribution in [0.25, 0.3) is 0 Å². The summed E-state index contributed by atoms with van der Waals surface area (Å²) in [4.78, 5) is 12.9. The van der Waals surface area contributed by atoms with Gasteiger partial charge in [-0.05, 0) is 13.3 Å². The molecule has 0 aliphatic rings. The van der Waals surface area contributed by atoms with Gasteiger partial charge in [0.15, 0.2) is 5.82 Å². The predicted molar refractivity (Wildman–Crippen MR) is 76.4 cm³/mol. The lowest BCUT2D eigenvalue weighted by atomic mass is 10.2. The first-order valence-electron chi connectivity index (χ1n) is 6.76. The average molecular weight is 276 g/mol. The number of aryl methyl sites for hydroxylation is 2. The Hall–Kier alpha value is -2.18. The number of nitrogens with zero attached hydrogens (tertiary/aromatic N) is 4. The molecule has 3 N–H and O–H groups in total. The molecule has 2 rings (SSSR count). The van der Waals surface area contributed by atoms with Crippen molar-refractivity contribution in [3.8, 4) is 0 Å². The van der Waals surface area contributed by atoms with Crippen LogP contribution in [-0.4, -0.2) is 26.7 Å². The van der Waals surface area contributed by atoms with Crippen LogP contribution >= 0.6 is 0 Å². The van der Waals surface area contributed by atoms with Gasteiger partial charge in [-0.3, -0.25) is 0 Å². The number of aromatic nitrogens is 4. The minimum atomic E-state index is 0.529. The SMILES string of the molecule is CCCc1nc(N)c(C)c(NCCc2noc(C)n2)n1. The van der Waals surface area contributed by atoms with Gasteiger partial charge in [0.05, 0.1) is 0 Å². The lowest BCUT2D eigenvalue weighted by molar-refractivity contribution is 0.387. The minimum absolute atomic E-state index is 0.529. The molecular weight excluding hydrogens is 256 g/mol. The van der Waals surface area contributed by atoms with Gasteiger partial charge in [0.25, 0.3) is 0 Å². The number of anilines is 2. The van der Waals surface area contributed by atoms with E-state index in [1.165, 1.54) is 0 Å². The molecule has 0 aliphatic heterocycles. The molecule has 0 atom stereocenters. The molecule has 0 spiro atoms. The number of hydrogen-bond acceptors (Lipinski definition) is 7. The van der Waals surface area contributed by atoms with Gasteiger partial charge in [-0.25, -0.2) is 9.97 Å². The normalized spacial score (nSPS) is 10.8. The Morgan fingerprint density at radius 3 is 2.55 bits per heavy atom. The molecular formula is C13H20N6O. The fraction of sp³-hybridized carbons (Fsp3) is 0.538. The standard InChI is InChI=1S/C13H20N6O/c1-4-5-10-17-12(14)8(2)13(18-10)15-7-6-11-16-9(3)20-19-11/h4-7H2,1-3H3,(H3,14,15,17,18). The zero-order chi connectivity index (χ0) is 14.5. The third-order valence-electron chi connectivity index (χ3n) is 2.91. The quantitative estimate of drug-likeness (QED) is 0.827. The third-order valence-corrected chi connectivity index (χ3v) is 2.91. The first kappa shape index (κ1) is 14.2. The van der Waals surface area contributed by atoms with Crippen molar-refractivity contribution in [3.05, 3.63) is 23.1 Å². The first-order valence-corrected chi connectivity index (χ1v) is 6.76. The topological polar surface area (TPSA) is 103 Å². The Morgan fingerprint density at radius 1 is 1.10 bits per heavy atom. The van der Waals surface area contributed by atoms with Crippen molar-refractivity contribution in [2.24, 2.45) is 0 Å². The molecule has 0 saturated heterocycles. The van der Waals surface area contributed by atoms with Crippen LogP contribution in [0.2, 0.25) is 0 Å². The van der Waals surface area contributed by atoms with E-state index >= 15 is 0 Å². The summed E-state index contributed by atoms with van der Waals surface area (Å²) in [6.45, 7) is 6.44. The zero-order valence-corrected chi connectivity index (χ0v) is 12.1. The van der Waals surface area contributed by atoms with Crippen LogP contribution in [-0.2, 0) is 12.8 Å². The van der Waals surface area contributed by atoms with Crippen molar-refractivity contribution in [2.45, 2.75) is 40.0 Å². The van der Waals surface area contributed by atoms with Gasteiger partial charge in [-0.15, -0.1) is 0 Å². The summed E-state index contributed by atoms with van der Waals surface area (Å²) in [5.74, 6) is 3.34. The highest BCUT2D eigenvalue weighted by Crippen LogP contribution is 2.17. The highest BCUT2D eigenvalue weighted by molar-refractivity contribution is 5.54. The van der Waals surface area contributed by atoms with Gasteiger partial charge in [0.1, 0.15) is 17.5 Å². The van der Waals surface area contributed by atoms with Gasteiger partial charge in [0, 0.05) is 31.9 Å². The third kappa shape index (κ3) is 3.43. The average Bonchev–Trinajstić information content (AvgIpc) is 2.81. The maximum Gasteiger partial charge on any atom is 0.223 e. The highest BCUT2D eigenvalue weighted by Gasteiger charge is 2.09. The first-order chi connectivity index (χ1) is 9.60. The fourth-order valence-electron chi connectivity index (χ4n) is 1.83. The molecule has 0 aromatic carbocycles. The van der Waals surface area contributed by atoms with E-state index in [1.54, 1.807) is 6.92 Å². The second-order valence-electron chi connectivity index (χ2n) is 4.66. The largest absolute Gasteiger partial charge is 0.383 e. The predicted octanol–water partition coefficient (Wildman–Crippen LogP) is 1.67. The molecule has 0 bridgehead atoms. The summed E-state index contributed by atoms with van der Waals surface area (Å²) < 4.78 is 4.93. The van der Waals surface area contributed by atoms with Crippen molar-refractivity contribution < 1.29 is 4.52 Å². The lowest BCUT2D eigenvalue weighted by Gasteiger charge is -2.11. The zero-order valence-electron chi connectivity index (χ0n) is 12.1. The molecule has 0 aliphatic carbocycles. The smallest absolute Gasteiger partial charge is 0.223 e. The van der Waals surface area contributed by atoms with Gasteiger partial charge < -0.3 is 15.6 Å². The molecule has 0 radical (unpaired) electrons. The van der Waals surface area contributed by atoms with E-state index in [2.05, 4.69) is 32.3 Å². The van der Waals surface area contributed by atoms with Crippen LogP contribution in [0.3, 0.4) is 0 Å². The Balaban J connectivity index is 2.01. The van der Waals surface area contributed by atoms with E-state index in [4.69, 9.17) is 10.3 Å². The Bertz CT molecular complexity index is 580. The molecule has 108 valence electrons. The second kappa shape index (κ2) is 6.31. The maximum atomic E-state index is 5.91. The summed E-state index contributed by atoms with van der Waals surface area (Å²) in [5.41, 5.74) is 6.78. The number of nitrogens with two attached hydrogens (primary N) is 1. The van der Waals surface area contributed by atoms with Crippen molar-refractivity contribution in [2.75, 3.05) is 17.6 Å². The monoisotopic (exact) mass is 276 g/mol. The Morgan fingerprint density at radius 2 is 1.90 bits per heavy atom. The number of rotatable bonds is 6. The maximum absolute atomic E-state index is 5.91. The number of nitrogen functional groups attached to an aromatic ring is 1. The molecule has 7 nitrogen and oxygen atoms in total. The molecule has 2 aromatic heterocycles. The van der Waals surface area contributed by atoms with Crippen LogP contribution in [0.1, 0.15) is 36.4 Å². The summed E-state index contributed by atoms with van der Waals surface area (Å²) in [7, 11) is 0. The summed E-state index contributed by atoms with van der Waals surface area (Å²) in [5, 5.41) is 7.11. The van der Waals surface area contributed by atoms with Crippen LogP contribution in [0.5, 0.6) is 0 Å². The van der Waals surface area contributed by atoms with E-state index in [1.807, 2.05) is 6.92 Å². The van der Waals surface area contributed by atoms with Gasteiger partial charge in [-0.2, -0.15) is 4.98 Å². The Labute approximate surface area is 118 Å². The molecule has 2 heterocycles. The lowest BCUT2D eigenvalue weighted by Crippen LogP contribution is -2.12. The molecule has 0 saturated carbocycles.